The second kappa shape index (κ2) is 9.61. The Morgan fingerprint density at radius 2 is 1.83 bits per heavy atom. The molecule has 7 nitrogen and oxygen atoms in total. The van der Waals surface area contributed by atoms with Crippen LogP contribution in [-0.2, 0) is 24.4 Å². The first-order valence-corrected chi connectivity index (χ1v) is 8.79. The van der Waals surface area contributed by atoms with Gasteiger partial charge in [-0.1, -0.05) is 0 Å². The molecule has 1 aliphatic rings. The van der Waals surface area contributed by atoms with E-state index in [9.17, 15) is 22.6 Å². The Balaban J connectivity index is 0.00000529. The average Bonchev–Trinajstić information content (AvgIpc) is 2.63. The van der Waals surface area contributed by atoms with Crippen LogP contribution in [0.1, 0.15) is 34.1 Å². The van der Waals surface area contributed by atoms with Crippen LogP contribution in [0.15, 0.2) is 23.6 Å². The number of rotatable bonds is 7. The van der Waals surface area contributed by atoms with E-state index in [0.717, 1.165) is 0 Å². The molecule has 9 heteroatoms. The first-order valence-electron chi connectivity index (χ1n) is 7.22. The molecule has 0 aromatic rings. The molecule has 1 rings (SSSR count). The van der Waals surface area contributed by atoms with Gasteiger partial charge >= 0.3 is 51.4 Å². The molecule has 0 amide bonds. The number of nitrogens with zero attached hydrogens (tertiary/aromatic N) is 1. The summed E-state index contributed by atoms with van der Waals surface area (Å²) >= 11 is 0. The Hall–Kier alpha value is -0.0336. The van der Waals surface area contributed by atoms with E-state index in [-0.39, 0.29) is 80.5 Å². The van der Waals surface area contributed by atoms with Crippen molar-refractivity contribution in [2.45, 2.75) is 39.7 Å². The van der Waals surface area contributed by atoms with Gasteiger partial charge in [0.15, 0.2) is 17.4 Å². The van der Waals surface area contributed by atoms with Gasteiger partial charge in [0, 0.05) is 12.3 Å². The number of hydrogen-bond donors (Lipinski definition) is 0. The topological polar surface area (TPSA) is 104 Å². The zero-order valence-corrected chi connectivity index (χ0v) is 18.7. The summed E-state index contributed by atoms with van der Waals surface area (Å²) in [5.41, 5.74) is -0.313. The quantitative estimate of drug-likeness (QED) is 0.164. The average molecular weight is 384 g/mol. The summed E-state index contributed by atoms with van der Waals surface area (Å²) in [6, 6.07) is 0. The first-order chi connectivity index (χ1) is 10.4. The molecule has 0 N–H and O–H groups in total. The maximum atomic E-state index is 11.4. The van der Waals surface area contributed by atoms with Crippen molar-refractivity contribution in [1.82, 2.24) is 4.90 Å². The van der Waals surface area contributed by atoms with Crippen LogP contribution in [0.5, 0.6) is 0 Å². The Morgan fingerprint density at radius 1 is 1.29 bits per heavy atom. The Kier molecular flexibility index (Phi) is 9.59. The third kappa shape index (κ3) is 7.46. The van der Waals surface area contributed by atoms with E-state index in [1.807, 2.05) is 18.7 Å². The van der Waals surface area contributed by atoms with Crippen molar-refractivity contribution in [3.8, 4) is 0 Å². The van der Waals surface area contributed by atoms with Crippen molar-refractivity contribution in [3.05, 3.63) is 23.6 Å². The molecule has 0 radical (unpaired) electrons. The van der Waals surface area contributed by atoms with E-state index in [4.69, 9.17) is 4.74 Å². The van der Waals surface area contributed by atoms with Crippen LogP contribution in [0, 0.1) is 0 Å². The third-order valence-corrected chi connectivity index (χ3v) is 4.29. The van der Waals surface area contributed by atoms with Gasteiger partial charge in [0.05, 0.1) is 21.2 Å². The van der Waals surface area contributed by atoms with Crippen LogP contribution in [0.4, 0.5) is 0 Å². The fraction of sp³-hybridized carbons (Fsp3) is 0.600. The number of hydrogen-bond acceptors (Lipinski definition) is 7. The molecule has 0 bridgehead atoms. The zero-order valence-electron chi connectivity index (χ0n) is 14.8. The number of allylic oxidation sites excluding steroid dienone is 3. The van der Waals surface area contributed by atoms with Crippen molar-refractivity contribution >= 4 is 21.7 Å². The molecule has 0 aromatic carbocycles. The van der Waals surface area contributed by atoms with E-state index in [0.29, 0.717) is 19.0 Å². The minimum atomic E-state index is -4.26. The zero-order chi connectivity index (χ0) is 17.8. The van der Waals surface area contributed by atoms with E-state index < -0.39 is 15.9 Å². The summed E-state index contributed by atoms with van der Waals surface area (Å²) < 4.78 is 37.7. The first kappa shape index (κ1) is 24.0. The Labute approximate surface area is 185 Å². The summed E-state index contributed by atoms with van der Waals surface area (Å²) in [6.45, 7) is 7.15. The minimum absolute atomic E-state index is 0. The summed E-state index contributed by atoms with van der Waals surface area (Å²) in [5.74, 6) is -0.681. The van der Waals surface area contributed by atoms with Crippen LogP contribution in [-0.4, -0.2) is 53.9 Å². The molecule has 130 valence electrons. The maximum Gasteiger partial charge on any atom is 1.00 e. The van der Waals surface area contributed by atoms with Gasteiger partial charge in [-0.25, -0.2) is 8.42 Å². The van der Waals surface area contributed by atoms with E-state index >= 15 is 0 Å². The molecule has 0 atom stereocenters. The van der Waals surface area contributed by atoms with Crippen molar-refractivity contribution in [1.29, 1.82) is 0 Å². The van der Waals surface area contributed by atoms with Gasteiger partial charge in [-0.15, -0.1) is 0 Å². The van der Waals surface area contributed by atoms with Gasteiger partial charge in [-0.3, -0.25) is 9.59 Å². The molecule has 0 saturated carbocycles. The molecule has 1 saturated heterocycles. The molecular formula is C15H22KNO6S. The fourth-order valence-electron chi connectivity index (χ4n) is 2.29. The van der Waals surface area contributed by atoms with Gasteiger partial charge in [0.25, 0.3) is 0 Å². The summed E-state index contributed by atoms with van der Waals surface area (Å²) in [7, 11) is -4.26. The number of ketones is 2. The molecule has 1 heterocycles. The van der Waals surface area contributed by atoms with Gasteiger partial charge in [0.1, 0.15) is 6.61 Å². The molecule has 0 aliphatic carbocycles. The third-order valence-electron chi connectivity index (χ3n) is 3.50. The molecule has 0 spiro atoms. The Morgan fingerprint density at radius 3 is 2.29 bits per heavy atom. The van der Waals surface area contributed by atoms with E-state index in [2.05, 4.69) is 0 Å². The smallest absolute Gasteiger partial charge is 0.748 e. The summed E-state index contributed by atoms with van der Waals surface area (Å²) in [4.78, 5) is 24.6. The van der Waals surface area contributed by atoms with Crippen LogP contribution >= 0.6 is 0 Å². The predicted molar refractivity (Wildman–Crippen MR) is 83.4 cm³/mol. The van der Waals surface area contributed by atoms with E-state index in [1.54, 1.807) is 0 Å². The Bertz CT molecular complexity index is 635. The SMILES string of the molecule is CC(=O)C(=CC=C1OCC(C)(C)N1CCCS(=O)(=O)[O-])C(C)=O.[K+]. The van der Waals surface area contributed by atoms with Crippen LogP contribution < -0.4 is 51.4 Å². The predicted octanol–water partition coefficient (Wildman–Crippen LogP) is -2.02. The van der Waals surface area contributed by atoms with Gasteiger partial charge in [-0.05, 0) is 46.3 Å². The standard InChI is InChI=1S/C15H23NO6S.K/c1-11(17)13(12(2)18)6-7-14-16(15(3,4)10-22-14)8-5-9-23(19,20)21;/h6-7H,5,8-10H2,1-4H3,(H,19,20,21);/q;+1/p-1. The molecule has 24 heavy (non-hydrogen) atoms. The summed E-state index contributed by atoms with van der Waals surface area (Å²) in [6.07, 6.45) is 3.10. The number of Topliss-reactive ketones (excluding diaryl/α,β-unsaturated/α-hetero) is 2. The van der Waals surface area contributed by atoms with Crippen LogP contribution in [0.3, 0.4) is 0 Å². The molecule has 0 aromatic heterocycles. The van der Waals surface area contributed by atoms with Crippen molar-refractivity contribution in [2.75, 3.05) is 18.9 Å². The van der Waals surface area contributed by atoms with Gasteiger partial charge < -0.3 is 14.2 Å². The largest absolute Gasteiger partial charge is 1.00 e. The summed E-state index contributed by atoms with van der Waals surface area (Å²) in [5, 5.41) is 0. The van der Waals surface area contributed by atoms with Crippen molar-refractivity contribution in [2.24, 2.45) is 0 Å². The molecule has 1 aliphatic heterocycles. The van der Waals surface area contributed by atoms with Gasteiger partial charge in [-0.2, -0.15) is 0 Å². The second-order valence-corrected chi connectivity index (χ2v) is 7.59. The minimum Gasteiger partial charge on any atom is -0.748 e. The number of carbonyl (C=O) groups is 2. The van der Waals surface area contributed by atoms with Crippen LogP contribution in [0.2, 0.25) is 0 Å². The molecule has 1 fully saturated rings. The number of carbonyl (C=O) groups excluding carboxylic acids is 2. The van der Waals surface area contributed by atoms with Crippen LogP contribution in [0.25, 0.3) is 0 Å². The second-order valence-electron chi connectivity index (χ2n) is 6.07. The fourth-order valence-corrected chi connectivity index (χ4v) is 2.77. The monoisotopic (exact) mass is 383 g/mol. The number of ether oxygens (including phenoxy) is 1. The van der Waals surface area contributed by atoms with Crippen molar-refractivity contribution in [3.63, 3.8) is 0 Å². The molecular weight excluding hydrogens is 361 g/mol. The van der Waals surface area contributed by atoms with Gasteiger partial charge in [0.2, 0.25) is 0 Å². The van der Waals surface area contributed by atoms with E-state index in [1.165, 1.54) is 26.0 Å². The maximum absolute atomic E-state index is 11.4. The molecule has 0 unspecified atom stereocenters. The normalized spacial score (nSPS) is 17.9. The van der Waals surface area contributed by atoms with Crippen molar-refractivity contribution < 1.29 is 78.7 Å².